The number of aromatic nitrogens is 2. The van der Waals surface area contributed by atoms with Crippen LogP contribution >= 0.6 is 11.3 Å². The van der Waals surface area contributed by atoms with Gasteiger partial charge in [-0.3, -0.25) is 0 Å². The lowest BCUT2D eigenvalue weighted by Gasteiger charge is -2.08. The van der Waals surface area contributed by atoms with Gasteiger partial charge in [0.05, 0.1) is 21.8 Å². The maximum atomic E-state index is 13.1. The molecule has 0 fully saturated rings. The number of H-pyrrole nitrogens is 1. The van der Waals surface area contributed by atoms with Crippen LogP contribution in [-0.2, 0) is 6.18 Å². The maximum Gasteiger partial charge on any atom is 0.416 e. The second kappa shape index (κ2) is 6.46. The van der Waals surface area contributed by atoms with Crippen LogP contribution in [0.4, 0.5) is 13.2 Å². The van der Waals surface area contributed by atoms with Crippen molar-refractivity contribution in [2.24, 2.45) is 0 Å². The molecule has 0 aliphatic heterocycles. The summed E-state index contributed by atoms with van der Waals surface area (Å²) < 4.78 is 39.3. The molecule has 4 aromatic rings. The van der Waals surface area contributed by atoms with Crippen LogP contribution in [-0.4, -0.2) is 9.97 Å². The molecule has 1 N–H and O–H groups in total. The Balaban J connectivity index is 1.90. The molecular formula is C20H13F3N2S. The molecular weight excluding hydrogens is 357 g/mol. The van der Waals surface area contributed by atoms with Gasteiger partial charge in [-0.25, -0.2) is 4.98 Å². The van der Waals surface area contributed by atoms with E-state index in [1.165, 1.54) is 17.4 Å². The summed E-state index contributed by atoms with van der Waals surface area (Å²) in [4.78, 5) is 8.82. The Morgan fingerprint density at radius 3 is 2.31 bits per heavy atom. The number of nitrogens with one attached hydrogen (secondary N) is 1. The minimum absolute atomic E-state index is 0.428. The van der Waals surface area contributed by atoms with Crippen molar-refractivity contribution in [3.8, 4) is 33.2 Å². The number of hydrogen-bond acceptors (Lipinski definition) is 2. The van der Waals surface area contributed by atoms with Gasteiger partial charge in [-0.2, -0.15) is 13.2 Å². The number of alkyl halides is 3. The highest BCUT2D eigenvalue weighted by molar-refractivity contribution is 7.13. The molecule has 6 heteroatoms. The van der Waals surface area contributed by atoms with Crippen LogP contribution < -0.4 is 0 Å². The number of imidazole rings is 1. The maximum absolute atomic E-state index is 13.1. The summed E-state index contributed by atoms with van der Waals surface area (Å²) in [6, 6.07) is 18.6. The smallest absolute Gasteiger partial charge is 0.337 e. The van der Waals surface area contributed by atoms with Crippen LogP contribution in [0.15, 0.2) is 72.1 Å². The zero-order chi connectivity index (χ0) is 18.1. The van der Waals surface area contributed by atoms with Gasteiger partial charge < -0.3 is 4.98 Å². The van der Waals surface area contributed by atoms with Crippen molar-refractivity contribution in [1.29, 1.82) is 0 Å². The summed E-state index contributed by atoms with van der Waals surface area (Å²) in [5.41, 5.74) is 1.82. The number of thiophene rings is 1. The predicted octanol–water partition coefficient (Wildman–Crippen LogP) is 6.49. The molecule has 2 heterocycles. The molecule has 0 unspecified atom stereocenters. The third-order valence-electron chi connectivity index (χ3n) is 3.98. The van der Waals surface area contributed by atoms with E-state index in [0.29, 0.717) is 22.8 Å². The summed E-state index contributed by atoms with van der Waals surface area (Å²) in [6.45, 7) is 0. The predicted molar refractivity (Wildman–Crippen MR) is 97.8 cm³/mol. The summed E-state index contributed by atoms with van der Waals surface area (Å²) in [5.74, 6) is 0.645. The second-order valence-corrected chi connectivity index (χ2v) is 6.68. The Bertz CT molecular complexity index is 1020. The summed E-state index contributed by atoms with van der Waals surface area (Å²) in [5, 5.41) is 1.93. The van der Waals surface area contributed by atoms with E-state index < -0.39 is 11.7 Å². The molecule has 0 spiro atoms. The first-order chi connectivity index (χ1) is 12.5. The summed E-state index contributed by atoms with van der Waals surface area (Å²) >= 11 is 1.52. The van der Waals surface area contributed by atoms with Crippen molar-refractivity contribution in [3.05, 3.63) is 77.7 Å². The second-order valence-electron chi connectivity index (χ2n) is 5.73. The lowest BCUT2D eigenvalue weighted by molar-refractivity contribution is -0.137. The largest absolute Gasteiger partial charge is 0.416 e. The fourth-order valence-electron chi connectivity index (χ4n) is 2.77. The monoisotopic (exact) mass is 370 g/mol. The normalized spacial score (nSPS) is 11.7. The van der Waals surface area contributed by atoms with Crippen molar-refractivity contribution >= 4 is 11.3 Å². The van der Waals surface area contributed by atoms with Crippen LogP contribution in [0, 0.1) is 0 Å². The Labute approximate surface area is 152 Å². The van der Waals surface area contributed by atoms with Gasteiger partial charge in [-0.05, 0) is 23.6 Å². The quantitative estimate of drug-likeness (QED) is 0.439. The molecule has 2 aromatic heterocycles. The molecule has 0 saturated heterocycles. The highest BCUT2D eigenvalue weighted by Crippen LogP contribution is 2.37. The minimum Gasteiger partial charge on any atom is -0.337 e. The van der Waals surface area contributed by atoms with Crippen molar-refractivity contribution in [2.45, 2.75) is 6.18 Å². The number of halogens is 3. The summed E-state index contributed by atoms with van der Waals surface area (Å²) in [6.07, 6.45) is -4.39. The molecule has 2 aromatic carbocycles. The van der Waals surface area contributed by atoms with Crippen LogP contribution in [0.1, 0.15) is 5.56 Å². The van der Waals surface area contributed by atoms with Gasteiger partial charge in [0.1, 0.15) is 5.82 Å². The highest BCUT2D eigenvalue weighted by Gasteiger charge is 2.31. The number of aromatic amines is 1. The molecule has 0 amide bonds. The molecule has 0 bridgehead atoms. The van der Waals surface area contributed by atoms with E-state index in [9.17, 15) is 13.2 Å². The lowest BCUT2D eigenvalue weighted by atomic mass is 10.0. The average molecular weight is 370 g/mol. The molecule has 0 atom stereocenters. The molecule has 0 saturated carbocycles. The molecule has 0 radical (unpaired) electrons. The molecule has 130 valence electrons. The van der Waals surface area contributed by atoms with Gasteiger partial charge in [-0.1, -0.05) is 48.5 Å². The van der Waals surface area contributed by atoms with Crippen LogP contribution in [0.25, 0.3) is 33.2 Å². The Kier molecular flexibility index (Phi) is 4.12. The van der Waals surface area contributed by atoms with E-state index in [1.807, 2.05) is 47.8 Å². The van der Waals surface area contributed by atoms with Gasteiger partial charge >= 0.3 is 6.18 Å². The van der Waals surface area contributed by atoms with Gasteiger partial charge in [0.2, 0.25) is 0 Å². The van der Waals surface area contributed by atoms with E-state index >= 15 is 0 Å². The van der Waals surface area contributed by atoms with Gasteiger partial charge in [0, 0.05) is 11.1 Å². The SMILES string of the molecule is FC(F)(F)c1cccc(-c2nc(-c3cccs3)[nH]c2-c2ccccc2)c1. The van der Waals surface area contributed by atoms with Gasteiger partial charge in [0.25, 0.3) is 0 Å². The average Bonchev–Trinajstić information content (AvgIpc) is 3.31. The minimum atomic E-state index is -4.39. The number of benzene rings is 2. The topological polar surface area (TPSA) is 28.7 Å². The van der Waals surface area contributed by atoms with Crippen molar-refractivity contribution in [1.82, 2.24) is 9.97 Å². The number of rotatable bonds is 3. The third-order valence-corrected chi connectivity index (χ3v) is 4.86. The first-order valence-corrected chi connectivity index (χ1v) is 8.77. The molecule has 26 heavy (non-hydrogen) atoms. The van der Waals surface area contributed by atoms with E-state index in [1.54, 1.807) is 6.07 Å². The van der Waals surface area contributed by atoms with Crippen LogP contribution in [0.2, 0.25) is 0 Å². The zero-order valence-corrected chi connectivity index (χ0v) is 14.2. The van der Waals surface area contributed by atoms with Crippen molar-refractivity contribution in [3.63, 3.8) is 0 Å². The van der Waals surface area contributed by atoms with E-state index in [0.717, 1.165) is 22.6 Å². The number of hydrogen-bond donors (Lipinski definition) is 1. The van der Waals surface area contributed by atoms with Crippen LogP contribution in [0.5, 0.6) is 0 Å². The first kappa shape index (κ1) is 16.6. The molecule has 0 aliphatic rings. The van der Waals surface area contributed by atoms with Gasteiger partial charge in [0.15, 0.2) is 0 Å². The van der Waals surface area contributed by atoms with E-state index in [2.05, 4.69) is 9.97 Å². The Hall–Kier alpha value is -2.86. The molecule has 4 rings (SSSR count). The van der Waals surface area contributed by atoms with Crippen molar-refractivity contribution < 1.29 is 13.2 Å². The van der Waals surface area contributed by atoms with Crippen LogP contribution in [0.3, 0.4) is 0 Å². The standard InChI is InChI=1S/C20H13F3N2S/c21-20(22,23)15-9-4-8-14(12-15)18-17(13-6-2-1-3-7-13)24-19(25-18)16-10-5-11-26-16/h1-12H,(H,24,25). The highest BCUT2D eigenvalue weighted by atomic mass is 32.1. The fraction of sp³-hybridized carbons (Fsp3) is 0.0500. The van der Waals surface area contributed by atoms with E-state index in [-0.39, 0.29) is 0 Å². The lowest BCUT2D eigenvalue weighted by Crippen LogP contribution is -2.04. The van der Waals surface area contributed by atoms with Gasteiger partial charge in [-0.15, -0.1) is 11.3 Å². The number of nitrogens with zero attached hydrogens (tertiary/aromatic N) is 1. The zero-order valence-electron chi connectivity index (χ0n) is 13.4. The molecule has 0 aliphatic carbocycles. The van der Waals surface area contributed by atoms with E-state index in [4.69, 9.17) is 0 Å². The first-order valence-electron chi connectivity index (χ1n) is 7.89. The molecule has 2 nitrogen and oxygen atoms in total. The Morgan fingerprint density at radius 2 is 1.62 bits per heavy atom. The summed E-state index contributed by atoms with van der Waals surface area (Å²) in [7, 11) is 0. The fourth-order valence-corrected chi connectivity index (χ4v) is 3.44. The third kappa shape index (κ3) is 3.15. The Morgan fingerprint density at radius 1 is 0.846 bits per heavy atom. The van der Waals surface area contributed by atoms with Crippen molar-refractivity contribution in [2.75, 3.05) is 0 Å².